The first kappa shape index (κ1) is 22.4. The van der Waals surface area contributed by atoms with Crippen LogP contribution in [0.25, 0.3) is 11.0 Å². The van der Waals surface area contributed by atoms with Crippen molar-refractivity contribution >= 4 is 16.9 Å². The van der Waals surface area contributed by atoms with Crippen molar-refractivity contribution in [1.82, 2.24) is 14.9 Å². The number of aromatic nitrogens is 2. The fourth-order valence-electron chi connectivity index (χ4n) is 4.05. The van der Waals surface area contributed by atoms with Gasteiger partial charge in [-0.05, 0) is 67.9 Å². The monoisotopic (exact) mass is 433 g/mol. The Labute approximate surface area is 191 Å². The number of para-hydroxylation sites is 2. The average Bonchev–Trinajstić information content (AvgIpc) is 3.62. The van der Waals surface area contributed by atoms with Crippen LogP contribution in [0.5, 0.6) is 5.75 Å². The molecule has 0 spiro atoms. The molecule has 5 nitrogen and oxygen atoms in total. The van der Waals surface area contributed by atoms with Gasteiger partial charge in [0.2, 0.25) is 5.91 Å². The Morgan fingerprint density at radius 3 is 2.69 bits per heavy atom. The molecule has 1 fully saturated rings. The van der Waals surface area contributed by atoms with Crippen LogP contribution in [-0.2, 0) is 17.8 Å². The van der Waals surface area contributed by atoms with Crippen LogP contribution in [0.4, 0.5) is 0 Å². The molecular weight excluding hydrogens is 398 g/mol. The first-order valence-electron chi connectivity index (χ1n) is 12.1. The van der Waals surface area contributed by atoms with E-state index in [1.54, 1.807) is 0 Å². The Morgan fingerprint density at radius 1 is 1.16 bits per heavy atom. The molecule has 5 heteroatoms. The number of rotatable bonds is 12. The fourth-order valence-corrected chi connectivity index (χ4v) is 4.05. The lowest BCUT2D eigenvalue weighted by Gasteiger charge is -2.12. The Bertz CT molecular complexity index is 1020. The summed E-state index contributed by atoms with van der Waals surface area (Å²) in [5.41, 5.74) is 3.57. The van der Waals surface area contributed by atoms with Gasteiger partial charge in [-0.15, -0.1) is 0 Å². The highest BCUT2D eigenvalue weighted by molar-refractivity contribution is 5.80. The molecule has 1 N–H and O–H groups in total. The zero-order valence-electron chi connectivity index (χ0n) is 19.3. The van der Waals surface area contributed by atoms with E-state index in [-0.39, 0.29) is 11.8 Å². The van der Waals surface area contributed by atoms with Crippen LogP contribution in [0, 0.1) is 5.92 Å². The molecule has 2 aromatic carbocycles. The van der Waals surface area contributed by atoms with E-state index in [0.29, 0.717) is 19.1 Å². The number of benzene rings is 2. The summed E-state index contributed by atoms with van der Waals surface area (Å²) in [6.45, 7) is 6.73. The summed E-state index contributed by atoms with van der Waals surface area (Å²) < 4.78 is 8.31. The number of amides is 1. The zero-order valence-corrected chi connectivity index (χ0v) is 19.3. The van der Waals surface area contributed by atoms with Gasteiger partial charge in [-0.25, -0.2) is 4.98 Å². The van der Waals surface area contributed by atoms with Gasteiger partial charge in [0.15, 0.2) is 0 Å². The maximum atomic E-state index is 11.8. The lowest BCUT2D eigenvalue weighted by molar-refractivity contribution is -0.122. The second kappa shape index (κ2) is 10.7. The topological polar surface area (TPSA) is 56.1 Å². The number of aryl methyl sites for hydroxylation is 2. The Hall–Kier alpha value is -2.82. The smallest absolute Gasteiger partial charge is 0.223 e. The summed E-state index contributed by atoms with van der Waals surface area (Å²) in [5, 5.41) is 3.06. The molecule has 0 aliphatic heterocycles. The van der Waals surface area contributed by atoms with Gasteiger partial charge in [-0.3, -0.25) is 4.79 Å². The van der Waals surface area contributed by atoms with Crippen LogP contribution < -0.4 is 10.1 Å². The van der Waals surface area contributed by atoms with E-state index in [4.69, 9.17) is 9.72 Å². The number of fused-ring (bicyclic) bond motifs is 1. The summed E-state index contributed by atoms with van der Waals surface area (Å²) >= 11 is 0. The summed E-state index contributed by atoms with van der Waals surface area (Å²) in [6, 6.07) is 16.8. The van der Waals surface area contributed by atoms with Crippen LogP contribution in [0.3, 0.4) is 0 Å². The number of carbonyl (C=O) groups excluding carboxylic acids is 1. The molecule has 0 saturated heterocycles. The molecule has 170 valence electrons. The Kier molecular flexibility index (Phi) is 7.46. The molecule has 1 unspecified atom stereocenters. The SMILES string of the molecule is CCC(C)c1ccc(OCCCn2c(CCCNC(=O)C3CC3)nc3ccccc32)cc1. The highest BCUT2D eigenvalue weighted by Crippen LogP contribution is 2.28. The summed E-state index contributed by atoms with van der Waals surface area (Å²) in [7, 11) is 0. The predicted molar refractivity (Wildman–Crippen MR) is 129 cm³/mol. The van der Waals surface area contributed by atoms with Crippen molar-refractivity contribution in [2.24, 2.45) is 5.92 Å². The molecule has 0 bridgehead atoms. The largest absolute Gasteiger partial charge is 0.494 e. The van der Waals surface area contributed by atoms with Gasteiger partial charge in [-0.2, -0.15) is 0 Å². The van der Waals surface area contributed by atoms with Gasteiger partial charge in [0, 0.05) is 25.4 Å². The van der Waals surface area contributed by atoms with Crippen LogP contribution in [0.2, 0.25) is 0 Å². The molecule has 1 saturated carbocycles. The van der Waals surface area contributed by atoms with Gasteiger partial charge in [0.1, 0.15) is 11.6 Å². The predicted octanol–water partition coefficient (Wildman–Crippen LogP) is 5.48. The van der Waals surface area contributed by atoms with Crippen LogP contribution in [0.1, 0.15) is 63.3 Å². The average molecular weight is 434 g/mol. The van der Waals surface area contributed by atoms with Crippen LogP contribution in [-0.4, -0.2) is 28.6 Å². The van der Waals surface area contributed by atoms with Crippen molar-refractivity contribution in [3.8, 4) is 5.75 Å². The van der Waals surface area contributed by atoms with Crippen LogP contribution in [0.15, 0.2) is 48.5 Å². The van der Waals surface area contributed by atoms with E-state index in [2.05, 4.69) is 66.2 Å². The van der Waals surface area contributed by atoms with E-state index in [1.165, 1.54) is 11.1 Å². The maximum absolute atomic E-state index is 11.8. The Balaban J connectivity index is 1.30. The molecule has 32 heavy (non-hydrogen) atoms. The third-order valence-corrected chi connectivity index (χ3v) is 6.41. The molecule has 3 aromatic rings. The molecule has 1 heterocycles. The van der Waals surface area contributed by atoms with Crippen molar-refractivity contribution in [2.45, 2.75) is 64.8 Å². The molecule has 1 aliphatic rings. The second-order valence-electron chi connectivity index (χ2n) is 8.92. The summed E-state index contributed by atoms with van der Waals surface area (Å²) in [4.78, 5) is 16.7. The van der Waals surface area contributed by atoms with Gasteiger partial charge in [0.05, 0.1) is 17.6 Å². The van der Waals surface area contributed by atoms with Crippen LogP contribution >= 0.6 is 0 Å². The van der Waals surface area contributed by atoms with E-state index < -0.39 is 0 Å². The first-order valence-corrected chi connectivity index (χ1v) is 12.1. The third-order valence-electron chi connectivity index (χ3n) is 6.41. The second-order valence-corrected chi connectivity index (χ2v) is 8.92. The lowest BCUT2D eigenvalue weighted by Crippen LogP contribution is -2.26. The normalized spacial score (nSPS) is 14.4. The molecule has 1 aromatic heterocycles. The third kappa shape index (κ3) is 5.70. The fraction of sp³-hybridized carbons (Fsp3) is 0.481. The number of nitrogens with one attached hydrogen (secondary N) is 1. The minimum Gasteiger partial charge on any atom is -0.494 e. The number of hydrogen-bond acceptors (Lipinski definition) is 3. The van der Waals surface area contributed by atoms with Crippen molar-refractivity contribution in [3.05, 3.63) is 59.9 Å². The van der Waals surface area contributed by atoms with E-state index in [9.17, 15) is 4.79 Å². The Morgan fingerprint density at radius 2 is 1.94 bits per heavy atom. The van der Waals surface area contributed by atoms with Crippen molar-refractivity contribution < 1.29 is 9.53 Å². The molecule has 1 amide bonds. The van der Waals surface area contributed by atoms with Crippen molar-refractivity contribution in [2.75, 3.05) is 13.2 Å². The van der Waals surface area contributed by atoms with Gasteiger partial charge in [0.25, 0.3) is 0 Å². The van der Waals surface area contributed by atoms with E-state index >= 15 is 0 Å². The quantitative estimate of drug-likeness (QED) is 0.385. The highest BCUT2D eigenvalue weighted by Gasteiger charge is 2.29. The highest BCUT2D eigenvalue weighted by atomic mass is 16.5. The minimum absolute atomic E-state index is 0.216. The summed E-state index contributed by atoms with van der Waals surface area (Å²) in [6.07, 6.45) is 5.92. The molecule has 4 rings (SSSR count). The zero-order chi connectivity index (χ0) is 22.3. The maximum Gasteiger partial charge on any atom is 0.223 e. The standard InChI is InChI=1S/C27H35N3O2/c1-3-20(2)21-13-15-23(16-14-21)32-19-7-18-30-25-9-5-4-8-24(25)29-26(30)10-6-17-28-27(31)22-11-12-22/h4-5,8-9,13-16,20,22H,3,6-7,10-12,17-19H2,1-2H3,(H,28,31). The van der Waals surface area contributed by atoms with Gasteiger partial charge >= 0.3 is 0 Å². The van der Waals surface area contributed by atoms with Gasteiger partial charge < -0.3 is 14.6 Å². The first-order chi connectivity index (χ1) is 15.7. The van der Waals surface area contributed by atoms with Gasteiger partial charge in [-0.1, -0.05) is 38.1 Å². The number of imidazole rings is 1. The molecule has 0 radical (unpaired) electrons. The number of carbonyl (C=O) groups is 1. The minimum atomic E-state index is 0.216. The number of ether oxygens (including phenoxy) is 1. The van der Waals surface area contributed by atoms with E-state index in [1.807, 2.05) is 6.07 Å². The lowest BCUT2D eigenvalue weighted by atomic mass is 9.99. The summed E-state index contributed by atoms with van der Waals surface area (Å²) in [5.74, 6) is 3.08. The number of hydrogen-bond donors (Lipinski definition) is 1. The van der Waals surface area contributed by atoms with Crippen molar-refractivity contribution in [1.29, 1.82) is 0 Å². The molecule has 1 atom stereocenters. The number of nitrogens with zero attached hydrogens (tertiary/aromatic N) is 2. The van der Waals surface area contributed by atoms with Crippen molar-refractivity contribution in [3.63, 3.8) is 0 Å². The molecular formula is C27H35N3O2. The van der Waals surface area contributed by atoms with E-state index in [0.717, 1.165) is 62.2 Å². The molecule has 1 aliphatic carbocycles.